The lowest BCUT2D eigenvalue weighted by Gasteiger charge is -2.07. The van der Waals surface area contributed by atoms with E-state index in [2.05, 4.69) is 15.6 Å². The molecule has 3 aromatic rings. The maximum Gasteiger partial charge on any atom is 0.180 e. The van der Waals surface area contributed by atoms with Crippen molar-refractivity contribution in [1.29, 1.82) is 0 Å². The van der Waals surface area contributed by atoms with Crippen LogP contribution in [-0.4, -0.2) is 28.3 Å². The Kier molecular flexibility index (Phi) is 3.66. The maximum atomic E-state index is 5.69. The lowest BCUT2D eigenvalue weighted by Crippen LogP contribution is -2.09. The molecule has 2 aromatic heterocycles. The van der Waals surface area contributed by atoms with Gasteiger partial charge in [-0.3, -0.25) is 0 Å². The summed E-state index contributed by atoms with van der Waals surface area (Å²) in [5.74, 6) is 0.994. The number of nitrogens with zero attached hydrogens (tertiary/aromatic N) is 3. The molecule has 2 heterocycles. The largest absolute Gasteiger partial charge is 0.383 e. The predicted molar refractivity (Wildman–Crippen MR) is 80.9 cm³/mol. The summed E-state index contributed by atoms with van der Waals surface area (Å²) in [5.41, 5.74) is 8.77. The number of thiazole rings is 1. The molecule has 20 heavy (non-hydrogen) atoms. The summed E-state index contributed by atoms with van der Waals surface area (Å²) in [5, 5.41) is 2.58. The maximum absolute atomic E-state index is 5.69. The quantitative estimate of drug-likeness (QED) is 0.782. The Morgan fingerprint density at radius 1 is 1.30 bits per heavy atom. The highest BCUT2D eigenvalue weighted by molar-refractivity contribution is 7.13. The molecule has 1 aromatic carbocycles. The molecule has 3 rings (SSSR count). The van der Waals surface area contributed by atoms with E-state index in [1.165, 1.54) is 11.3 Å². The summed E-state index contributed by atoms with van der Waals surface area (Å²) in [6.45, 7) is 1.44. The second kappa shape index (κ2) is 5.60. The molecule has 5 nitrogen and oxygen atoms in total. The van der Waals surface area contributed by atoms with Gasteiger partial charge < -0.3 is 15.0 Å². The van der Waals surface area contributed by atoms with Crippen LogP contribution in [0.25, 0.3) is 11.0 Å². The molecule has 0 amide bonds. The summed E-state index contributed by atoms with van der Waals surface area (Å²) in [6, 6.07) is 8.13. The number of aromatic nitrogens is 3. The minimum atomic E-state index is 0.597. The first-order valence-corrected chi connectivity index (χ1v) is 7.29. The average Bonchev–Trinajstić information content (AvgIpc) is 3.00. The zero-order valence-corrected chi connectivity index (χ0v) is 12.1. The Balaban J connectivity index is 1.99. The average molecular weight is 288 g/mol. The molecule has 2 N–H and O–H groups in total. The van der Waals surface area contributed by atoms with Crippen LogP contribution in [0.1, 0.15) is 11.5 Å². The number of imidazole rings is 1. The second-order valence-corrected chi connectivity index (χ2v) is 5.40. The molecule has 0 fully saturated rings. The zero-order chi connectivity index (χ0) is 13.9. The number of nitrogen functional groups attached to an aromatic ring is 1. The monoisotopic (exact) mass is 288 g/mol. The molecule has 0 saturated heterocycles. The lowest BCUT2D eigenvalue weighted by atomic mass is 10.3. The van der Waals surface area contributed by atoms with Crippen molar-refractivity contribution in [3.05, 3.63) is 41.2 Å². The van der Waals surface area contributed by atoms with E-state index in [4.69, 9.17) is 15.5 Å². The fourth-order valence-electron chi connectivity index (χ4n) is 2.26. The number of benzene rings is 1. The van der Waals surface area contributed by atoms with Gasteiger partial charge in [0.25, 0.3) is 0 Å². The van der Waals surface area contributed by atoms with Crippen LogP contribution in [0.3, 0.4) is 0 Å². The van der Waals surface area contributed by atoms with E-state index < -0.39 is 0 Å². The van der Waals surface area contributed by atoms with E-state index in [1.807, 2.05) is 23.6 Å². The van der Waals surface area contributed by atoms with Crippen molar-refractivity contribution in [2.75, 3.05) is 19.5 Å². The van der Waals surface area contributed by atoms with Gasteiger partial charge in [0.15, 0.2) is 5.13 Å². The van der Waals surface area contributed by atoms with E-state index >= 15 is 0 Å². The highest BCUT2D eigenvalue weighted by atomic mass is 32.1. The molecule has 0 unspecified atom stereocenters. The number of para-hydroxylation sites is 2. The standard InChI is InChI=1S/C14H16N4OS/c1-19-7-6-18-12-5-3-2-4-11(12)17-13(18)8-10-9-20-14(15)16-10/h2-5,9H,6-8H2,1H3,(H2,15,16). The lowest BCUT2D eigenvalue weighted by molar-refractivity contribution is 0.187. The van der Waals surface area contributed by atoms with Crippen LogP contribution in [0.2, 0.25) is 0 Å². The highest BCUT2D eigenvalue weighted by Gasteiger charge is 2.12. The normalized spacial score (nSPS) is 11.2. The van der Waals surface area contributed by atoms with Gasteiger partial charge in [0.2, 0.25) is 0 Å². The molecule has 0 aliphatic carbocycles. The van der Waals surface area contributed by atoms with Crippen molar-refractivity contribution in [2.45, 2.75) is 13.0 Å². The summed E-state index contributed by atoms with van der Waals surface area (Å²) in [6.07, 6.45) is 0.687. The molecule has 0 aliphatic heterocycles. The number of anilines is 1. The van der Waals surface area contributed by atoms with Crippen molar-refractivity contribution in [1.82, 2.24) is 14.5 Å². The Morgan fingerprint density at radius 2 is 2.15 bits per heavy atom. The Morgan fingerprint density at radius 3 is 2.90 bits per heavy atom. The fourth-order valence-corrected chi connectivity index (χ4v) is 2.82. The van der Waals surface area contributed by atoms with E-state index in [9.17, 15) is 0 Å². The van der Waals surface area contributed by atoms with Crippen LogP contribution in [-0.2, 0) is 17.7 Å². The van der Waals surface area contributed by atoms with Crippen LogP contribution in [0, 0.1) is 0 Å². The first-order valence-electron chi connectivity index (χ1n) is 6.41. The minimum absolute atomic E-state index is 0.597. The minimum Gasteiger partial charge on any atom is -0.383 e. The van der Waals surface area contributed by atoms with E-state index in [-0.39, 0.29) is 0 Å². The zero-order valence-electron chi connectivity index (χ0n) is 11.2. The van der Waals surface area contributed by atoms with Gasteiger partial charge in [-0.05, 0) is 12.1 Å². The fraction of sp³-hybridized carbons (Fsp3) is 0.286. The molecule has 6 heteroatoms. The Bertz CT molecular complexity index is 719. The predicted octanol–water partition coefficient (Wildman–Crippen LogP) is 2.31. The number of hydrogen-bond donors (Lipinski definition) is 1. The molecule has 0 aliphatic rings. The van der Waals surface area contributed by atoms with E-state index in [0.29, 0.717) is 18.2 Å². The molecular formula is C14H16N4OS. The third-order valence-corrected chi connectivity index (χ3v) is 3.88. The van der Waals surface area contributed by atoms with Gasteiger partial charge in [-0.25, -0.2) is 9.97 Å². The van der Waals surface area contributed by atoms with Crippen LogP contribution in [0.15, 0.2) is 29.6 Å². The van der Waals surface area contributed by atoms with Gasteiger partial charge in [-0.15, -0.1) is 11.3 Å². The summed E-state index contributed by atoms with van der Waals surface area (Å²) in [7, 11) is 1.71. The molecule has 0 radical (unpaired) electrons. The highest BCUT2D eigenvalue weighted by Crippen LogP contribution is 2.20. The van der Waals surface area contributed by atoms with Gasteiger partial charge in [-0.2, -0.15) is 0 Å². The number of rotatable bonds is 5. The van der Waals surface area contributed by atoms with Crippen LogP contribution in [0.4, 0.5) is 5.13 Å². The van der Waals surface area contributed by atoms with Crippen molar-refractivity contribution in [2.24, 2.45) is 0 Å². The van der Waals surface area contributed by atoms with Gasteiger partial charge in [0, 0.05) is 25.5 Å². The number of nitrogens with two attached hydrogens (primary N) is 1. The number of fused-ring (bicyclic) bond motifs is 1. The van der Waals surface area contributed by atoms with Crippen molar-refractivity contribution in [3.63, 3.8) is 0 Å². The van der Waals surface area contributed by atoms with E-state index in [0.717, 1.165) is 29.1 Å². The Labute approximate surface area is 121 Å². The summed E-state index contributed by atoms with van der Waals surface area (Å²) >= 11 is 1.46. The molecule has 0 spiro atoms. The number of ether oxygens (including phenoxy) is 1. The van der Waals surface area contributed by atoms with Gasteiger partial charge in [0.1, 0.15) is 5.82 Å². The van der Waals surface area contributed by atoms with Crippen LogP contribution in [0.5, 0.6) is 0 Å². The SMILES string of the molecule is COCCn1c(Cc2csc(N)n2)nc2ccccc21. The van der Waals surface area contributed by atoms with Crippen molar-refractivity contribution < 1.29 is 4.74 Å². The van der Waals surface area contributed by atoms with Crippen LogP contribution < -0.4 is 5.73 Å². The number of hydrogen-bond acceptors (Lipinski definition) is 5. The topological polar surface area (TPSA) is 66.0 Å². The summed E-state index contributed by atoms with van der Waals surface area (Å²) in [4.78, 5) is 9.01. The molecule has 104 valence electrons. The molecular weight excluding hydrogens is 272 g/mol. The first-order chi connectivity index (χ1) is 9.78. The first kappa shape index (κ1) is 13.1. The third kappa shape index (κ3) is 2.52. The molecule has 0 atom stereocenters. The molecule has 0 saturated carbocycles. The second-order valence-electron chi connectivity index (χ2n) is 4.52. The van der Waals surface area contributed by atoms with Gasteiger partial charge in [-0.1, -0.05) is 12.1 Å². The van der Waals surface area contributed by atoms with Gasteiger partial charge in [0.05, 0.1) is 23.3 Å². The van der Waals surface area contributed by atoms with Gasteiger partial charge >= 0.3 is 0 Å². The smallest absolute Gasteiger partial charge is 0.180 e. The van der Waals surface area contributed by atoms with Crippen molar-refractivity contribution in [3.8, 4) is 0 Å². The number of methoxy groups -OCH3 is 1. The van der Waals surface area contributed by atoms with Crippen molar-refractivity contribution >= 4 is 27.5 Å². The third-order valence-electron chi connectivity index (χ3n) is 3.16. The Hall–Kier alpha value is -1.92. The van der Waals surface area contributed by atoms with Crippen LogP contribution >= 0.6 is 11.3 Å². The summed E-state index contributed by atoms with van der Waals surface area (Å²) < 4.78 is 7.38. The van der Waals surface area contributed by atoms with E-state index in [1.54, 1.807) is 7.11 Å². The molecule has 0 bridgehead atoms.